The van der Waals surface area contributed by atoms with Crippen LogP contribution in [0.15, 0.2) is 58.9 Å². The molecule has 36 heavy (non-hydrogen) atoms. The second-order valence-corrected chi connectivity index (χ2v) is 8.01. The summed E-state index contributed by atoms with van der Waals surface area (Å²) in [5.41, 5.74) is 8.47. The monoisotopic (exact) mass is 499 g/mol. The van der Waals surface area contributed by atoms with Gasteiger partial charge in [0.1, 0.15) is 11.9 Å². The van der Waals surface area contributed by atoms with Crippen LogP contribution in [0.3, 0.4) is 0 Å². The number of benzene rings is 1. The zero-order valence-corrected chi connectivity index (χ0v) is 21.3. The molecule has 2 rings (SSSR count). The molecule has 0 aliphatic rings. The van der Waals surface area contributed by atoms with E-state index >= 15 is 0 Å². The molecule has 1 aromatic heterocycles. The van der Waals surface area contributed by atoms with Crippen molar-refractivity contribution in [2.75, 3.05) is 26.6 Å². The summed E-state index contributed by atoms with van der Waals surface area (Å²) in [7, 11) is 4.53. The molecule has 12 heteroatoms. The maximum absolute atomic E-state index is 12.4. The highest BCUT2D eigenvalue weighted by Gasteiger charge is 2.36. The van der Waals surface area contributed by atoms with E-state index in [4.69, 9.17) is 30.0 Å². The van der Waals surface area contributed by atoms with Gasteiger partial charge < -0.3 is 19.0 Å². The number of oxime groups is 1. The summed E-state index contributed by atoms with van der Waals surface area (Å²) in [5, 5.41) is 19.2. The van der Waals surface area contributed by atoms with Crippen LogP contribution in [0.5, 0.6) is 0 Å². The average Bonchev–Trinajstić information content (AvgIpc) is 2.89. The molecule has 0 saturated carbocycles. The zero-order chi connectivity index (χ0) is 26.7. The first-order chi connectivity index (χ1) is 17.1. The van der Waals surface area contributed by atoms with Gasteiger partial charge in [-0.05, 0) is 26.0 Å². The lowest BCUT2D eigenvalue weighted by Gasteiger charge is -2.35. The number of aromatic nitrogens is 1. The fraction of sp³-hybridized carbons (Fsp3) is 0.417. The summed E-state index contributed by atoms with van der Waals surface area (Å²) in [5.74, 6) is -0.990. The summed E-state index contributed by atoms with van der Waals surface area (Å²) >= 11 is 0. The fourth-order valence-corrected chi connectivity index (χ4v) is 3.11. The third kappa shape index (κ3) is 7.55. The highest BCUT2D eigenvalue weighted by atomic mass is 16.7. The Bertz CT molecular complexity index is 1060. The Morgan fingerprint density at radius 3 is 2.42 bits per heavy atom. The van der Waals surface area contributed by atoms with E-state index in [1.807, 2.05) is 13.0 Å². The van der Waals surface area contributed by atoms with E-state index in [-0.39, 0.29) is 29.9 Å². The number of rotatable bonds is 12. The number of hydrogen-bond donors (Lipinski definition) is 3. The Hall–Kier alpha value is -3.90. The number of likely N-dealkylation sites (N-methyl/N-ethyl adjacent to an activating group) is 1. The van der Waals surface area contributed by atoms with Crippen LogP contribution in [0.25, 0.3) is 0 Å². The Morgan fingerprint density at radius 1 is 1.14 bits per heavy atom. The number of carbonyl (C=O) groups excluding carboxylic acids is 1. The van der Waals surface area contributed by atoms with Crippen molar-refractivity contribution in [1.82, 2.24) is 9.99 Å². The second-order valence-electron chi connectivity index (χ2n) is 8.01. The van der Waals surface area contributed by atoms with Crippen LogP contribution in [0.4, 0.5) is 10.6 Å². The van der Waals surface area contributed by atoms with Gasteiger partial charge in [0.25, 0.3) is 0 Å². The lowest BCUT2D eigenvalue weighted by atomic mass is 9.96. The summed E-state index contributed by atoms with van der Waals surface area (Å²) < 4.78 is 16.3. The fourth-order valence-electron chi connectivity index (χ4n) is 3.11. The van der Waals surface area contributed by atoms with E-state index < -0.39 is 18.0 Å². The van der Waals surface area contributed by atoms with E-state index in [1.54, 1.807) is 56.3 Å². The number of nitrogens with zero attached hydrogens (tertiary/aromatic N) is 4. The highest BCUT2D eigenvalue weighted by Crippen LogP contribution is 2.26. The topological polar surface area (TPSA) is 155 Å². The normalized spacial score (nSPS) is 13.3. The van der Waals surface area contributed by atoms with Crippen molar-refractivity contribution >= 4 is 23.5 Å². The first-order valence-electron chi connectivity index (χ1n) is 11.1. The molecule has 0 saturated heterocycles. The van der Waals surface area contributed by atoms with Crippen molar-refractivity contribution in [2.24, 2.45) is 16.3 Å². The Balaban J connectivity index is 2.05. The van der Waals surface area contributed by atoms with Gasteiger partial charge in [-0.1, -0.05) is 53.7 Å². The molecule has 194 valence electrons. The number of hydrogen-bond acceptors (Lipinski definition) is 10. The van der Waals surface area contributed by atoms with Gasteiger partial charge >= 0.3 is 6.09 Å². The lowest BCUT2D eigenvalue weighted by molar-refractivity contribution is -0.237. The van der Waals surface area contributed by atoms with Gasteiger partial charge in [-0.25, -0.2) is 14.8 Å². The number of carbonyl (C=O) groups is 1. The van der Waals surface area contributed by atoms with Crippen molar-refractivity contribution < 1.29 is 23.8 Å². The zero-order valence-electron chi connectivity index (χ0n) is 21.3. The Kier molecular flexibility index (Phi) is 10.4. The van der Waals surface area contributed by atoms with Crippen molar-refractivity contribution in [2.45, 2.75) is 39.3 Å². The van der Waals surface area contributed by atoms with Gasteiger partial charge in [0, 0.05) is 32.7 Å². The van der Waals surface area contributed by atoms with E-state index in [1.165, 1.54) is 21.3 Å². The molecule has 0 radical (unpaired) electrons. The smallest absolute Gasteiger partial charge is 0.413 e. The SMILES string of the molecule is COC(C)(OC)C(C)C(C)OC(=O)Nc1cccc(CO/N=C(\C(=N)N(C)N=N)c2ccccc2)n1. The molecular weight excluding hydrogens is 466 g/mol. The molecule has 1 heterocycles. The summed E-state index contributed by atoms with van der Waals surface area (Å²) in [6, 6.07) is 14.0. The Morgan fingerprint density at radius 2 is 1.81 bits per heavy atom. The number of anilines is 1. The van der Waals surface area contributed by atoms with Crippen LogP contribution in [0, 0.1) is 16.9 Å². The van der Waals surface area contributed by atoms with Gasteiger partial charge in [0.2, 0.25) is 0 Å². The van der Waals surface area contributed by atoms with Crippen molar-refractivity contribution in [3.63, 3.8) is 0 Å². The van der Waals surface area contributed by atoms with Gasteiger partial charge in [-0.15, -0.1) is 0 Å². The van der Waals surface area contributed by atoms with Crippen molar-refractivity contribution in [1.29, 1.82) is 10.9 Å². The molecule has 0 spiro atoms. The molecule has 1 aromatic carbocycles. The first kappa shape index (κ1) is 28.3. The van der Waals surface area contributed by atoms with Crippen LogP contribution in [-0.2, 0) is 25.7 Å². The second kappa shape index (κ2) is 13.3. The van der Waals surface area contributed by atoms with Crippen LogP contribution < -0.4 is 5.32 Å². The number of amidine groups is 1. The number of methoxy groups -OCH3 is 2. The summed E-state index contributed by atoms with van der Waals surface area (Å²) in [6.45, 7) is 5.36. The Labute approximate surface area is 210 Å². The van der Waals surface area contributed by atoms with Crippen LogP contribution in [-0.4, -0.2) is 60.8 Å². The molecule has 0 aliphatic heterocycles. The van der Waals surface area contributed by atoms with E-state index in [9.17, 15) is 4.79 Å². The molecule has 3 N–H and O–H groups in total. The molecule has 2 atom stereocenters. The number of amides is 1. The molecule has 12 nitrogen and oxygen atoms in total. The molecule has 2 unspecified atom stereocenters. The minimum absolute atomic E-state index is 0.0244. The van der Waals surface area contributed by atoms with Gasteiger partial charge in [0.05, 0.1) is 5.69 Å². The third-order valence-electron chi connectivity index (χ3n) is 5.79. The minimum atomic E-state index is -0.909. The maximum atomic E-state index is 12.4. The van der Waals surface area contributed by atoms with Crippen molar-refractivity contribution in [3.8, 4) is 0 Å². The van der Waals surface area contributed by atoms with Gasteiger partial charge in [0.15, 0.2) is 23.9 Å². The van der Waals surface area contributed by atoms with E-state index in [0.717, 1.165) is 5.01 Å². The van der Waals surface area contributed by atoms with Crippen LogP contribution >= 0.6 is 0 Å². The molecule has 1 amide bonds. The number of nitrogens with one attached hydrogen (secondary N) is 3. The van der Waals surface area contributed by atoms with Crippen molar-refractivity contribution in [3.05, 3.63) is 59.8 Å². The standard InChI is InChI=1S/C24H33N7O5/c1-16(24(3,33-5)34-6)17(2)36-23(32)28-20-14-10-13-19(27-20)15-35-29-21(22(25)31(4)30-26)18-11-8-7-9-12-18/h7-14,16-17,25-26H,15H2,1-6H3,(H,27,28,32)/b25-22?,29-21-,30-26?. The predicted octanol–water partition coefficient (Wildman–Crippen LogP) is 4.44. The first-order valence-corrected chi connectivity index (χ1v) is 11.1. The number of ether oxygens (including phenoxy) is 3. The minimum Gasteiger partial charge on any atom is -0.446 e. The number of pyridine rings is 1. The maximum Gasteiger partial charge on any atom is 0.413 e. The van der Waals surface area contributed by atoms with E-state index in [0.29, 0.717) is 11.3 Å². The van der Waals surface area contributed by atoms with Crippen LogP contribution in [0.1, 0.15) is 32.0 Å². The third-order valence-corrected chi connectivity index (χ3v) is 5.79. The molecule has 0 bridgehead atoms. The molecule has 2 aromatic rings. The molecule has 0 aliphatic carbocycles. The van der Waals surface area contributed by atoms with Crippen LogP contribution in [0.2, 0.25) is 0 Å². The van der Waals surface area contributed by atoms with Gasteiger partial charge in [-0.3, -0.25) is 10.7 Å². The largest absolute Gasteiger partial charge is 0.446 e. The van der Waals surface area contributed by atoms with E-state index in [2.05, 4.69) is 20.7 Å². The highest BCUT2D eigenvalue weighted by molar-refractivity contribution is 6.46. The summed E-state index contributed by atoms with van der Waals surface area (Å²) in [6.07, 6.45) is -1.18. The quantitative estimate of drug-likeness (QED) is 0.128. The predicted molar refractivity (Wildman–Crippen MR) is 134 cm³/mol. The van der Waals surface area contributed by atoms with Gasteiger partial charge in [-0.2, -0.15) is 5.53 Å². The molecule has 0 fully saturated rings. The average molecular weight is 500 g/mol. The lowest BCUT2D eigenvalue weighted by Crippen LogP contribution is -2.44. The summed E-state index contributed by atoms with van der Waals surface area (Å²) in [4.78, 5) is 22.2. The molecular formula is C24H33N7O5.